The normalized spacial score (nSPS) is 28.4. The van der Waals surface area contributed by atoms with E-state index in [1.165, 1.54) is 7.11 Å². The highest BCUT2D eigenvalue weighted by Gasteiger charge is 2.38. The van der Waals surface area contributed by atoms with Crippen molar-refractivity contribution in [1.29, 1.82) is 5.26 Å². The Balaban J connectivity index is 1.58. The topological polar surface area (TPSA) is 69.5 Å². The molecule has 146 valence electrons. The molecule has 0 spiro atoms. The van der Waals surface area contributed by atoms with Crippen molar-refractivity contribution < 1.29 is 9.53 Å². The number of nitriles is 1. The van der Waals surface area contributed by atoms with Crippen LogP contribution in [-0.2, 0) is 4.74 Å². The first kappa shape index (κ1) is 19.6. The van der Waals surface area contributed by atoms with E-state index in [1.807, 2.05) is 23.1 Å². The minimum Gasteiger partial charge on any atom is -0.453 e. The highest BCUT2D eigenvalue weighted by molar-refractivity contribution is 5.68. The average Bonchev–Trinajstić information content (AvgIpc) is 2.69. The van der Waals surface area contributed by atoms with Crippen molar-refractivity contribution in [2.45, 2.75) is 63.6 Å². The van der Waals surface area contributed by atoms with E-state index in [-0.39, 0.29) is 24.1 Å². The molecule has 0 N–H and O–H groups in total. The average molecular weight is 370 g/mol. The van der Waals surface area contributed by atoms with Crippen LogP contribution in [0.2, 0.25) is 0 Å². The number of ether oxygens (including phenoxy) is 1. The minimum atomic E-state index is -0.223. The van der Waals surface area contributed by atoms with E-state index >= 15 is 0 Å². The maximum atomic E-state index is 12.0. The molecule has 0 bridgehead atoms. The molecule has 2 saturated heterocycles. The Bertz CT molecular complexity index is 655. The maximum absolute atomic E-state index is 12.0. The van der Waals surface area contributed by atoms with Gasteiger partial charge in [-0.25, -0.2) is 4.79 Å². The van der Waals surface area contributed by atoms with Gasteiger partial charge in [-0.3, -0.25) is 4.98 Å². The second kappa shape index (κ2) is 8.71. The molecule has 0 aliphatic carbocycles. The van der Waals surface area contributed by atoms with Crippen LogP contribution in [0.5, 0.6) is 0 Å². The molecule has 0 saturated carbocycles. The van der Waals surface area contributed by atoms with Crippen molar-refractivity contribution >= 4 is 6.09 Å². The van der Waals surface area contributed by atoms with Crippen LogP contribution in [0, 0.1) is 17.2 Å². The number of aromatic nitrogens is 1. The van der Waals surface area contributed by atoms with Gasteiger partial charge in [-0.15, -0.1) is 0 Å². The molecular formula is C21H30N4O2. The first-order valence-electron chi connectivity index (χ1n) is 9.96. The molecule has 3 rings (SSSR count). The minimum absolute atomic E-state index is 0.118. The smallest absolute Gasteiger partial charge is 0.409 e. The lowest BCUT2D eigenvalue weighted by Gasteiger charge is -2.47. The predicted molar refractivity (Wildman–Crippen MR) is 103 cm³/mol. The van der Waals surface area contributed by atoms with E-state index < -0.39 is 0 Å². The molecule has 27 heavy (non-hydrogen) atoms. The molecular weight excluding hydrogens is 340 g/mol. The maximum Gasteiger partial charge on any atom is 0.409 e. The van der Waals surface area contributed by atoms with E-state index in [0.29, 0.717) is 12.0 Å². The van der Waals surface area contributed by atoms with E-state index in [2.05, 4.69) is 29.8 Å². The Kier molecular flexibility index (Phi) is 6.33. The van der Waals surface area contributed by atoms with Crippen molar-refractivity contribution in [3.63, 3.8) is 0 Å². The van der Waals surface area contributed by atoms with Crippen LogP contribution in [0.3, 0.4) is 0 Å². The van der Waals surface area contributed by atoms with Gasteiger partial charge in [-0.2, -0.15) is 5.26 Å². The number of hydrogen-bond acceptors (Lipinski definition) is 5. The Morgan fingerprint density at radius 1 is 1.26 bits per heavy atom. The van der Waals surface area contributed by atoms with Gasteiger partial charge in [0.15, 0.2) is 0 Å². The third kappa shape index (κ3) is 4.24. The van der Waals surface area contributed by atoms with Crippen molar-refractivity contribution in [2.75, 3.05) is 20.2 Å². The molecule has 2 aliphatic heterocycles. The summed E-state index contributed by atoms with van der Waals surface area (Å²) in [6.45, 7) is 6.24. The van der Waals surface area contributed by atoms with Gasteiger partial charge < -0.3 is 14.5 Å². The molecule has 6 nitrogen and oxygen atoms in total. The Morgan fingerprint density at radius 3 is 2.44 bits per heavy atom. The van der Waals surface area contributed by atoms with Crippen LogP contribution in [0.25, 0.3) is 0 Å². The van der Waals surface area contributed by atoms with E-state index in [4.69, 9.17) is 4.74 Å². The van der Waals surface area contributed by atoms with Crippen molar-refractivity contribution in [3.8, 4) is 6.07 Å². The van der Waals surface area contributed by atoms with Gasteiger partial charge in [0, 0.05) is 24.3 Å². The lowest BCUT2D eigenvalue weighted by Crippen LogP contribution is -2.56. The fourth-order valence-electron chi connectivity index (χ4n) is 4.90. The summed E-state index contributed by atoms with van der Waals surface area (Å²) in [6.07, 6.45) is 5.55. The van der Waals surface area contributed by atoms with E-state index in [1.54, 1.807) is 6.20 Å². The number of hydrogen-bond donors (Lipinski definition) is 0. The summed E-state index contributed by atoms with van der Waals surface area (Å²) >= 11 is 0. The molecule has 0 aromatic carbocycles. The predicted octanol–water partition coefficient (Wildman–Crippen LogP) is 3.41. The van der Waals surface area contributed by atoms with Gasteiger partial charge in [-0.05, 0) is 70.7 Å². The molecule has 3 atom stereocenters. The first-order valence-corrected chi connectivity index (χ1v) is 9.96. The van der Waals surface area contributed by atoms with E-state index in [9.17, 15) is 10.1 Å². The third-order valence-corrected chi connectivity index (χ3v) is 6.27. The van der Waals surface area contributed by atoms with Gasteiger partial charge in [0.1, 0.15) is 0 Å². The van der Waals surface area contributed by atoms with Gasteiger partial charge in [0.25, 0.3) is 0 Å². The molecule has 1 amide bonds. The summed E-state index contributed by atoms with van der Waals surface area (Å²) in [5.41, 5.74) is 0.895. The lowest BCUT2D eigenvalue weighted by molar-refractivity contribution is 0.0191. The number of piperidine rings is 2. The number of pyridine rings is 1. The molecule has 6 heteroatoms. The third-order valence-electron chi connectivity index (χ3n) is 6.27. The zero-order valence-corrected chi connectivity index (χ0v) is 16.5. The van der Waals surface area contributed by atoms with Crippen LogP contribution in [0.4, 0.5) is 4.79 Å². The summed E-state index contributed by atoms with van der Waals surface area (Å²) < 4.78 is 4.94. The fourth-order valence-corrected chi connectivity index (χ4v) is 4.90. The van der Waals surface area contributed by atoms with Crippen LogP contribution >= 0.6 is 0 Å². The Labute approximate surface area is 162 Å². The molecule has 1 aromatic rings. The van der Waals surface area contributed by atoms with Crippen LogP contribution in [0.15, 0.2) is 24.4 Å². The summed E-state index contributed by atoms with van der Waals surface area (Å²) in [7, 11) is 1.45. The number of nitrogens with zero attached hydrogens (tertiary/aromatic N) is 4. The summed E-state index contributed by atoms with van der Waals surface area (Å²) in [5.74, 6) is 0.249. The first-order chi connectivity index (χ1) is 13.0. The monoisotopic (exact) mass is 370 g/mol. The number of amides is 1. The van der Waals surface area contributed by atoms with Crippen LogP contribution in [-0.4, -0.2) is 59.2 Å². The highest BCUT2D eigenvalue weighted by atomic mass is 16.5. The van der Waals surface area contributed by atoms with Gasteiger partial charge >= 0.3 is 6.09 Å². The Hall–Kier alpha value is -2.13. The fraction of sp³-hybridized carbons (Fsp3) is 0.667. The van der Waals surface area contributed by atoms with Gasteiger partial charge in [-0.1, -0.05) is 6.07 Å². The molecule has 2 fully saturated rings. The van der Waals surface area contributed by atoms with Crippen molar-refractivity contribution in [1.82, 2.24) is 14.8 Å². The standard InChI is InChI=1S/C21H30N4O2/c1-15-12-18(13-16(2)25(15)21(26)27-3)24-10-7-17(8-11-24)19(14-22)20-6-4-5-9-23-20/h4-6,9,15-19H,7-8,10-13H2,1-3H3. The Morgan fingerprint density at radius 2 is 1.93 bits per heavy atom. The summed E-state index contributed by atoms with van der Waals surface area (Å²) in [4.78, 5) is 20.8. The number of rotatable bonds is 3. The number of methoxy groups -OCH3 is 1. The number of carbonyl (C=O) groups is 1. The second-order valence-electron chi connectivity index (χ2n) is 7.94. The quantitative estimate of drug-likeness (QED) is 0.815. The van der Waals surface area contributed by atoms with Gasteiger partial charge in [0.05, 0.1) is 24.8 Å². The molecule has 2 aliphatic rings. The molecule has 3 heterocycles. The highest BCUT2D eigenvalue weighted by Crippen LogP contribution is 2.34. The second-order valence-corrected chi connectivity index (χ2v) is 7.94. The lowest BCUT2D eigenvalue weighted by atomic mass is 9.81. The number of carbonyl (C=O) groups excluding carboxylic acids is 1. The molecule has 0 radical (unpaired) electrons. The van der Waals surface area contributed by atoms with Gasteiger partial charge in [0.2, 0.25) is 0 Å². The summed E-state index contributed by atoms with van der Waals surface area (Å²) in [5, 5.41) is 9.67. The van der Waals surface area contributed by atoms with Crippen LogP contribution < -0.4 is 0 Å². The van der Waals surface area contributed by atoms with Crippen molar-refractivity contribution in [3.05, 3.63) is 30.1 Å². The molecule has 1 aromatic heterocycles. The zero-order valence-electron chi connectivity index (χ0n) is 16.5. The molecule has 3 unspecified atom stereocenters. The number of likely N-dealkylation sites (tertiary alicyclic amines) is 2. The van der Waals surface area contributed by atoms with Crippen molar-refractivity contribution in [2.24, 2.45) is 5.92 Å². The van der Waals surface area contributed by atoms with Crippen LogP contribution in [0.1, 0.15) is 51.1 Å². The SMILES string of the molecule is COC(=O)N1C(C)CC(N2CCC(C(C#N)c3ccccn3)CC2)CC1C. The zero-order chi connectivity index (χ0) is 19.4. The van der Waals surface area contributed by atoms with E-state index in [0.717, 1.165) is 44.5 Å². The summed E-state index contributed by atoms with van der Waals surface area (Å²) in [6, 6.07) is 9.16. The largest absolute Gasteiger partial charge is 0.453 e.